The number of hydrogen-bond donors (Lipinski definition) is 1. The first-order valence-electron chi connectivity index (χ1n) is 4.38. The predicted octanol–water partition coefficient (Wildman–Crippen LogP) is 1.93. The van der Waals surface area contributed by atoms with Crippen LogP contribution in [0.15, 0.2) is 0 Å². The van der Waals surface area contributed by atoms with Gasteiger partial charge in [-0.15, -0.1) is 0 Å². The molecule has 0 aliphatic heterocycles. The molecule has 1 rings (SSSR count). The topological polar surface area (TPSA) is 96.7 Å². The molecule has 0 bridgehead atoms. The summed E-state index contributed by atoms with van der Waals surface area (Å²) in [6.07, 6.45) is 4.53. The van der Waals surface area contributed by atoms with Crippen molar-refractivity contribution in [2.45, 2.75) is 44.6 Å². The van der Waals surface area contributed by atoms with Gasteiger partial charge >= 0.3 is 0 Å². The number of carbonyl (C=O) groups excluding carboxylic acids is 1. The van der Waals surface area contributed by atoms with E-state index in [-0.39, 0.29) is 11.9 Å². The molecule has 0 aromatic carbocycles. The summed E-state index contributed by atoms with van der Waals surface area (Å²) in [6, 6.07) is -0.912. The van der Waals surface area contributed by atoms with Crippen LogP contribution in [0.3, 0.4) is 0 Å². The Morgan fingerprint density at radius 1 is 1.23 bits per heavy atom. The summed E-state index contributed by atoms with van der Waals surface area (Å²) in [7, 11) is 0. The van der Waals surface area contributed by atoms with Gasteiger partial charge in [0.15, 0.2) is 0 Å². The Bertz CT molecular complexity index is 194. The highest BCUT2D eigenvalue weighted by Gasteiger charge is 2.28. The van der Waals surface area contributed by atoms with Crippen LogP contribution in [0.25, 0.3) is 0 Å². The number of nitro groups is 1. The summed E-state index contributed by atoms with van der Waals surface area (Å²) in [5.74, 6) is -0.181. The molecular weight excluding hydrogens is 172 g/mol. The quantitative estimate of drug-likeness (QED) is 0.504. The molecule has 0 radical (unpaired) electrons. The first-order valence-corrected chi connectivity index (χ1v) is 4.38. The molecule has 4 N–H and O–H groups in total. The fourth-order valence-electron chi connectivity index (χ4n) is 1.54. The smallest absolute Gasteiger partial charge is 0.270 e. The Hall–Kier alpha value is -0.970. The van der Waals surface area contributed by atoms with Crippen molar-refractivity contribution in [1.29, 1.82) is 0 Å². The Labute approximate surface area is 77.2 Å². The van der Waals surface area contributed by atoms with E-state index in [1.807, 2.05) is 0 Å². The van der Waals surface area contributed by atoms with Crippen LogP contribution in [0.4, 0.5) is 0 Å². The zero-order chi connectivity index (χ0) is 8.97. The van der Waals surface area contributed by atoms with Gasteiger partial charge in [0.1, 0.15) is 0 Å². The van der Waals surface area contributed by atoms with Crippen molar-refractivity contribution in [3.05, 3.63) is 10.1 Å². The minimum atomic E-state index is -0.912. The molecule has 76 valence electrons. The maximum atomic E-state index is 11.2. The number of ketones is 1. The molecule has 1 unspecified atom stereocenters. The fourth-order valence-corrected chi connectivity index (χ4v) is 1.54. The van der Waals surface area contributed by atoms with Crippen molar-refractivity contribution < 1.29 is 9.72 Å². The summed E-state index contributed by atoms with van der Waals surface area (Å²) in [5, 5.41) is 10.4. The maximum Gasteiger partial charge on any atom is 0.270 e. The standard InChI is InChI=1S/C8H13NO3.H3N/c10-8-6-4-2-1-3-5-7(8)9(11)12;/h7H,1-6H2;1H3/p+1. The largest absolute Gasteiger partial charge is 0.369 e. The highest BCUT2D eigenvalue weighted by atomic mass is 16.6. The average molecular weight is 189 g/mol. The molecule has 13 heavy (non-hydrogen) atoms. The number of quaternary nitrogens is 1. The summed E-state index contributed by atoms with van der Waals surface area (Å²) < 4.78 is 0. The predicted molar refractivity (Wildman–Crippen MR) is 49.5 cm³/mol. The Morgan fingerprint density at radius 3 is 2.46 bits per heavy atom. The zero-order valence-corrected chi connectivity index (χ0v) is 7.99. The molecule has 1 saturated carbocycles. The third-order valence-electron chi connectivity index (χ3n) is 2.28. The van der Waals surface area contributed by atoms with Crippen LogP contribution in [0.5, 0.6) is 0 Å². The number of nitrogens with zero attached hydrogens (tertiary/aromatic N) is 1. The van der Waals surface area contributed by atoms with Crippen LogP contribution >= 0.6 is 0 Å². The van der Waals surface area contributed by atoms with Crippen molar-refractivity contribution in [2.24, 2.45) is 0 Å². The van der Waals surface area contributed by atoms with Crippen LogP contribution in [0, 0.1) is 10.1 Å². The Kier molecular flexibility index (Phi) is 5.22. The third kappa shape index (κ3) is 3.50. The molecule has 0 aromatic heterocycles. The van der Waals surface area contributed by atoms with Gasteiger partial charge in [-0.3, -0.25) is 14.9 Å². The summed E-state index contributed by atoms with van der Waals surface area (Å²) in [6.45, 7) is 0. The highest BCUT2D eigenvalue weighted by Crippen LogP contribution is 2.16. The van der Waals surface area contributed by atoms with Crippen molar-refractivity contribution >= 4 is 5.78 Å². The van der Waals surface area contributed by atoms with E-state index in [2.05, 4.69) is 0 Å². The van der Waals surface area contributed by atoms with E-state index in [9.17, 15) is 14.9 Å². The van der Waals surface area contributed by atoms with Gasteiger partial charge < -0.3 is 6.15 Å². The molecule has 1 aliphatic carbocycles. The van der Waals surface area contributed by atoms with Crippen LogP contribution in [-0.2, 0) is 4.79 Å². The number of rotatable bonds is 1. The van der Waals surface area contributed by atoms with Gasteiger partial charge in [-0.05, 0) is 12.8 Å². The van der Waals surface area contributed by atoms with Crippen molar-refractivity contribution in [1.82, 2.24) is 6.15 Å². The molecule has 5 heteroatoms. The number of hydrogen-bond acceptors (Lipinski definition) is 3. The van der Waals surface area contributed by atoms with E-state index in [1.165, 1.54) is 0 Å². The maximum absolute atomic E-state index is 11.2. The summed E-state index contributed by atoms with van der Waals surface area (Å²) >= 11 is 0. The minimum Gasteiger partial charge on any atom is -0.369 e. The number of carbonyl (C=O) groups is 1. The van der Waals surface area contributed by atoms with Gasteiger partial charge in [0.2, 0.25) is 5.78 Å². The Morgan fingerprint density at radius 2 is 1.85 bits per heavy atom. The lowest BCUT2D eigenvalue weighted by molar-refractivity contribution is -0.508. The lowest BCUT2D eigenvalue weighted by Gasteiger charge is -2.11. The molecule has 0 spiro atoms. The van der Waals surface area contributed by atoms with Gasteiger partial charge in [-0.1, -0.05) is 12.8 Å². The molecule has 0 heterocycles. The van der Waals surface area contributed by atoms with Gasteiger partial charge in [0.05, 0.1) is 0 Å². The van der Waals surface area contributed by atoms with E-state index in [1.54, 1.807) is 0 Å². The molecule has 1 aliphatic rings. The average Bonchev–Trinajstić information content (AvgIpc) is 1.96. The normalized spacial score (nSPS) is 24.0. The lowest BCUT2D eigenvalue weighted by atomic mass is 9.96. The van der Waals surface area contributed by atoms with Gasteiger partial charge in [-0.25, -0.2) is 0 Å². The summed E-state index contributed by atoms with van der Waals surface area (Å²) in [5.41, 5.74) is 0. The third-order valence-corrected chi connectivity index (χ3v) is 2.28. The molecule has 1 fully saturated rings. The SMILES string of the molecule is O=C1CCCCCCC1[N+](=O)[O-].[NH4+]. The molecule has 1 atom stereocenters. The van der Waals surface area contributed by atoms with E-state index in [0.29, 0.717) is 12.8 Å². The fraction of sp³-hybridized carbons (Fsp3) is 0.875. The van der Waals surface area contributed by atoms with Crippen LogP contribution in [0.2, 0.25) is 0 Å². The summed E-state index contributed by atoms with van der Waals surface area (Å²) in [4.78, 5) is 21.1. The van der Waals surface area contributed by atoms with E-state index in [4.69, 9.17) is 0 Å². The number of Topliss-reactive ketones (excluding diaryl/α,β-unsaturated/α-hetero) is 1. The first-order chi connectivity index (χ1) is 5.72. The van der Waals surface area contributed by atoms with Crippen molar-refractivity contribution in [3.8, 4) is 0 Å². The minimum absolute atomic E-state index is 0. The van der Waals surface area contributed by atoms with E-state index >= 15 is 0 Å². The van der Waals surface area contributed by atoms with Crippen LogP contribution < -0.4 is 6.15 Å². The molecular formula is C8H17N2O3+. The second kappa shape index (κ2) is 5.64. The first kappa shape index (κ1) is 12.0. The molecule has 5 nitrogen and oxygen atoms in total. The molecule has 0 aromatic rings. The van der Waals surface area contributed by atoms with Crippen LogP contribution in [0.1, 0.15) is 38.5 Å². The van der Waals surface area contributed by atoms with Gasteiger partial charge in [0, 0.05) is 17.8 Å². The van der Waals surface area contributed by atoms with E-state index in [0.717, 1.165) is 25.7 Å². The van der Waals surface area contributed by atoms with E-state index < -0.39 is 11.0 Å². The highest BCUT2D eigenvalue weighted by molar-refractivity contribution is 5.82. The zero-order valence-electron chi connectivity index (χ0n) is 7.99. The molecule has 0 amide bonds. The lowest BCUT2D eigenvalue weighted by Crippen LogP contribution is -2.30. The van der Waals surface area contributed by atoms with Gasteiger partial charge in [-0.2, -0.15) is 0 Å². The van der Waals surface area contributed by atoms with Crippen molar-refractivity contribution in [3.63, 3.8) is 0 Å². The van der Waals surface area contributed by atoms with Gasteiger partial charge in [0.25, 0.3) is 6.04 Å². The van der Waals surface area contributed by atoms with Crippen LogP contribution in [-0.4, -0.2) is 16.7 Å². The second-order valence-electron chi connectivity index (χ2n) is 3.22. The second-order valence-corrected chi connectivity index (χ2v) is 3.22. The van der Waals surface area contributed by atoms with Crippen molar-refractivity contribution in [2.75, 3.05) is 0 Å². The monoisotopic (exact) mass is 189 g/mol. The molecule has 0 saturated heterocycles. The Balaban J connectivity index is 0.00000144.